The molecule has 0 aromatic heterocycles. The van der Waals surface area contributed by atoms with E-state index in [1.54, 1.807) is 24.3 Å². The van der Waals surface area contributed by atoms with Crippen LogP contribution in [0.15, 0.2) is 24.3 Å². The van der Waals surface area contributed by atoms with Crippen LogP contribution in [0.1, 0.15) is 12.8 Å². The summed E-state index contributed by atoms with van der Waals surface area (Å²) < 4.78 is 4.52. The number of methoxy groups -OCH3 is 1. The largest absolute Gasteiger partial charge is 0.468 e. The van der Waals surface area contributed by atoms with Crippen LogP contribution in [0, 0.1) is 0 Å². The number of carbonyl (C=O) groups excluding carboxylic acids is 2. The first-order valence-corrected chi connectivity index (χ1v) is 7.07. The lowest BCUT2D eigenvalue weighted by Gasteiger charge is -2.05. The molecule has 0 saturated heterocycles. The second kappa shape index (κ2) is 8.42. The molecule has 19 heavy (non-hydrogen) atoms. The summed E-state index contributed by atoms with van der Waals surface area (Å²) in [5.41, 5.74) is 6.94. The fraction of sp³-hybridized carbons (Fsp3) is 0.385. The van der Waals surface area contributed by atoms with E-state index in [0.29, 0.717) is 23.5 Å². The number of nitrogens with two attached hydrogens (primary N) is 1. The Balaban J connectivity index is 2.16. The smallest absolute Gasteiger partial charge is 0.315 e. The summed E-state index contributed by atoms with van der Waals surface area (Å²) in [4.78, 5) is 22.5. The lowest BCUT2D eigenvalue weighted by molar-refractivity contribution is -0.137. The zero-order valence-electron chi connectivity index (χ0n) is 10.8. The Bertz CT molecular complexity index is 438. The molecule has 6 heteroatoms. The molecule has 1 rings (SSSR count). The van der Waals surface area contributed by atoms with Gasteiger partial charge in [-0.25, -0.2) is 0 Å². The Hall–Kier alpha value is -1.69. The molecule has 1 aromatic carbocycles. The number of nitrogen functional groups attached to an aromatic ring is 1. The first-order valence-electron chi connectivity index (χ1n) is 5.92. The summed E-state index contributed by atoms with van der Waals surface area (Å²) in [5, 5.41) is 2.77. The predicted molar refractivity (Wildman–Crippen MR) is 78.1 cm³/mol. The van der Waals surface area contributed by atoms with Crippen LogP contribution in [-0.2, 0) is 14.3 Å². The Labute approximate surface area is 116 Å². The number of ether oxygens (including phenoxy) is 1. The molecule has 0 atom stereocenters. The second-order valence-corrected chi connectivity index (χ2v) is 5.01. The second-order valence-electron chi connectivity index (χ2n) is 3.91. The highest BCUT2D eigenvalue weighted by atomic mass is 32.2. The average molecular weight is 282 g/mol. The van der Waals surface area contributed by atoms with Crippen molar-refractivity contribution < 1.29 is 14.3 Å². The zero-order valence-corrected chi connectivity index (χ0v) is 11.7. The SMILES string of the molecule is COC(=O)CSCCCC(=O)Nc1cccc(N)c1. The molecule has 5 nitrogen and oxygen atoms in total. The molecule has 0 spiro atoms. The normalized spacial score (nSPS) is 9.95. The molecule has 0 fully saturated rings. The van der Waals surface area contributed by atoms with E-state index in [-0.39, 0.29) is 11.9 Å². The molecule has 0 radical (unpaired) electrons. The number of rotatable bonds is 7. The first-order chi connectivity index (χ1) is 9.11. The molecule has 104 valence electrons. The molecule has 1 aromatic rings. The van der Waals surface area contributed by atoms with Gasteiger partial charge in [0.1, 0.15) is 0 Å². The number of nitrogens with one attached hydrogen (secondary N) is 1. The Morgan fingerprint density at radius 1 is 1.42 bits per heavy atom. The number of benzene rings is 1. The fourth-order valence-corrected chi connectivity index (χ4v) is 2.17. The lowest BCUT2D eigenvalue weighted by Crippen LogP contribution is -2.12. The summed E-state index contributed by atoms with van der Waals surface area (Å²) in [7, 11) is 1.36. The minimum absolute atomic E-state index is 0.0516. The summed E-state index contributed by atoms with van der Waals surface area (Å²) in [6.07, 6.45) is 1.14. The van der Waals surface area contributed by atoms with Gasteiger partial charge in [-0.3, -0.25) is 9.59 Å². The van der Waals surface area contributed by atoms with Crippen molar-refractivity contribution in [2.75, 3.05) is 29.7 Å². The van der Waals surface area contributed by atoms with Gasteiger partial charge < -0.3 is 15.8 Å². The van der Waals surface area contributed by atoms with Crippen molar-refractivity contribution in [3.63, 3.8) is 0 Å². The van der Waals surface area contributed by atoms with E-state index in [1.807, 2.05) is 0 Å². The maximum Gasteiger partial charge on any atom is 0.315 e. The van der Waals surface area contributed by atoms with E-state index < -0.39 is 0 Å². The third-order valence-electron chi connectivity index (χ3n) is 2.31. The molecule has 0 aliphatic heterocycles. The van der Waals surface area contributed by atoms with Gasteiger partial charge in [-0.05, 0) is 30.4 Å². The zero-order chi connectivity index (χ0) is 14.1. The molecule has 0 aliphatic carbocycles. The quantitative estimate of drug-likeness (QED) is 0.453. The van der Waals surface area contributed by atoms with Gasteiger partial charge in [-0.1, -0.05) is 6.07 Å². The third kappa shape index (κ3) is 6.71. The Morgan fingerprint density at radius 2 is 2.21 bits per heavy atom. The molecule has 1 amide bonds. The van der Waals surface area contributed by atoms with Gasteiger partial charge >= 0.3 is 5.97 Å². The van der Waals surface area contributed by atoms with E-state index in [4.69, 9.17) is 5.73 Å². The summed E-state index contributed by atoms with van der Waals surface area (Å²) in [6.45, 7) is 0. The van der Waals surface area contributed by atoms with Gasteiger partial charge in [-0.2, -0.15) is 11.8 Å². The number of esters is 1. The lowest BCUT2D eigenvalue weighted by atomic mass is 10.2. The van der Waals surface area contributed by atoms with Crippen LogP contribution < -0.4 is 11.1 Å². The van der Waals surface area contributed by atoms with E-state index in [2.05, 4.69) is 10.1 Å². The monoisotopic (exact) mass is 282 g/mol. The van der Waals surface area contributed by atoms with E-state index in [1.165, 1.54) is 18.9 Å². The van der Waals surface area contributed by atoms with E-state index in [0.717, 1.165) is 12.2 Å². The van der Waals surface area contributed by atoms with Crippen LogP contribution in [0.3, 0.4) is 0 Å². The number of carbonyl (C=O) groups is 2. The molecule has 0 saturated carbocycles. The van der Waals surface area contributed by atoms with Crippen molar-refractivity contribution in [3.05, 3.63) is 24.3 Å². The van der Waals surface area contributed by atoms with Crippen molar-refractivity contribution in [2.24, 2.45) is 0 Å². The molecule has 0 unspecified atom stereocenters. The predicted octanol–water partition coefficient (Wildman–Crippen LogP) is 1.89. The Kier molecular flexibility index (Phi) is 6.81. The molecular formula is C13H18N2O3S. The van der Waals surface area contributed by atoms with Gasteiger partial charge in [0.25, 0.3) is 0 Å². The number of hydrogen-bond donors (Lipinski definition) is 2. The standard InChI is InChI=1S/C13H18N2O3S/c1-18-13(17)9-19-7-3-6-12(16)15-11-5-2-4-10(14)8-11/h2,4-5,8H,3,6-7,9,14H2,1H3,(H,15,16). The molecule has 3 N–H and O–H groups in total. The highest BCUT2D eigenvalue weighted by Gasteiger charge is 2.04. The van der Waals surface area contributed by atoms with Gasteiger partial charge in [0.2, 0.25) is 5.91 Å². The van der Waals surface area contributed by atoms with Crippen molar-refractivity contribution in [3.8, 4) is 0 Å². The minimum Gasteiger partial charge on any atom is -0.468 e. The van der Waals surface area contributed by atoms with Gasteiger partial charge in [0.15, 0.2) is 0 Å². The maximum absolute atomic E-state index is 11.6. The maximum atomic E-state index is 11.6. The molecule has 0 heterocycles. The summed E-state index contributed by atoms with van der Waals surface area (Å²) in [5.74, 6) is 0.783. The van der Waals surface area contributed by atoms with Crippen LogP contribution >= 0.6 is 11.8 Å². The number of thioether (sulfide) groups is 1. The van der Waals surface area contributed by atoms with Crippen LogP contribution in [-0.4, -0.2) is 30.5 Å². The number of anilines is 2. The van der Waals surface area contributed by atoms with Crippen molar-refractivity contribution >= 4 is 35.0 Å². The Morgan fingerprint density at radius 3 is 2.89 bits per heavy atom. The summed E-state index contributed by atoms with van der Waals surface area (Å²) >= 11 is 1.46. The minimum atomic E-state index is -0.241. The van der Waals surface area contributed by atoms with Crippen LogP contribution in [0.2, 0.25) is 0 Å². The highest BCUT2D eigenvalue weighted by molar-refractivity contribution is 7.99. The molecular weight excluding hydrogens is 264 g/mol. The topological polar surface area (TPSA) is 81.4 Å². The number of hydrogen-bond acceptors (Lipinski definition) is 5. The molecule has 0 bridgehead atoms. The first kappa shape index (κ1) is 15.4. The number of amides is 1. The van der Waals surface area contributed by atoms with Gasteiger partial charge in [-0.15, -0.1) is 0 Å². The van der Waals surface area contributed by atoms with Crippen molar-refractivity contribution in [2.45, 2.75) is 12.8 Å². The van der Waals surface area contributed by atoms with Crippen molar-refractivity contribution in [1.29, 1.82) is 0 Å². The van der Waals surface area contributed by atoms with E-state index in [9.17, 15) is 9.59 Å². The van der Waals surface area contributed by atoms with Crippen LogP contribution in [0.5, 0.6) is 0 Å². The fourth-order valence-electron chi connectivity index (χ4n) is 1.39. The molecule has 0 aliphatic rings. The van der Waals surface area contributed by atoms with Crippen molar-refractivity contribution in [1.82, 2.24) is 0 Å². The highest BCUT2D eigenvalue weighted by Crippen LogP contribution is 2.12. The van der Waals surface area contributed by atoms with Crippen LogP contribution in [0.4, 0.5) is 11.4 Å². The summed E-state index contributed by atoms with van der Waals surface area (Å²) in [6, 6.07) is 7.06. The van der Waals surface area contributed by atoms with Gasteiger partial charge in [0.05, 0.1) is 12.9 Å². The van der Waals surface area contributed by atoms with E-state index >= 15 is 0 Å². The average Bonchev–Trinajstić information content (AvgIpc) is 2.38. The third-order valence-corrected chi connectivity index (χ3v) is 3.33. The van der Waals surface area contributed by atoms with Gasteiger partial charge in [0, 0.05) is 17.8 Å². The van der Waals surface area contributed by atoms with Crippen LogP contribution in [0.25, 0.3) is 0 Å².